The monoisotopic (exact) mass is 286 g/mol. The Hall–Kier alpha value is 0.0700. The Kier molecular flexibility index (Phi) is 6.30. The van der Waals surface area contributed by atoms with Crippen LogP contribution in [-0.2, 0) is 10.8 Å². The van der Waals surface area contributed by atoms with E-state index in [0.717, 1.165) is 36.8 Å². The minimum atomic E-state index is -0.627. The lowest BCUT2D eigenvalue weighted by Crippen LogP contribution is -2.56. The van der Waals surface area contributed by atoms with E-state index in [1.807, 2.05) is 6.26 Å². The van der Waals surface area contributed by atoms with Gasteiger partial charge in [-0.2, -0.15) is 0 Å². The first-order valence-electron chi connectivity index (χ1n) is 8.00. The summed E-state index contributed by atoms with van der Waals surface area (Å²) >= 11 is 0. The van der Waals surface area contributed by atoms with Crippen molar-refractivity contribution >= 4 is 10.8 Å². The van der Waals surface area contributed by atoms with Crippen molar-refractivity contribution in [1.29, 1.82) is 0 Å². The van der Waals surface area contributed by atoms with Crippen molar-refractivity contribution in [1.82, 2.24) is 10.2 Å². The summed E-state index contributed by atoms with van der Waals surface area (Å²) in [6.07, 6.45) is 11.0. The lowest BCUT2D eigenvalue weighted by Gasteiger charge is -2.49. The average Bonchev–Trinajstić information content (AvgIpc) is 2.36. The van der Waals surface area contributed by atoms with E-state index in [9.17, 15) is 4.21 Å². The van der Waals surface area contributed by atoms with Crippen molar-refractivity contribution in [2.45, 2.75) is 70.0 Å². The fourth-order valence-corrected chi connectivity index (χ4v) is 4.34. The van der Waals surface area contributed by atoms with E-state index >= 15 is 0 Å². The predicted octanol–water partition coefficient (Wildman–Crippen LogP) is 2.14. The van der Waals surface area contributed by atoms with Crippen LogP contribution in [0.1, 0.15) is 51.9 Å². The van der Waals surface area contributed by atoms with Gasteiger partial charge in [0, 0.05) is 40.9 Å². The van der Waals surface area contributed by atoms with Crippen LogP contribution in [-0.4, -0.2) is 52.3 Å². The van der Waals surface area contributed by atoms with E-state index in [-0.39, 0.29) is 0 Å². The summed E-state index contributed by atoms with van der Waals surface area (Å²) in [5, 5.41) is 3.72. The number of fused-ring (bicyclic) bond motifs is 2. The SMILES string of the molecule is CCCNC1CC2CCCC(C1)N2CCCS(C)=O. The Morgan fingerprint density at radius 2 is 1.95 bits per heavy atom. The zero-order valence-corrected chi connectivity index (χ0v) is 13.4. The number of nitrogens with zero attached hydrogens (tertiary/aromatic N) is 1. The molecule has 0 amide bonds. The van der Waals surface area contributed by atoms with Crippen LogP contribution < -0.4 is 5.32 Å². The molecule has 2 heterocycles. The maximum absolute atomic E-state index is 11.2. The van der Waals surface area contributed by atoms with Gasteiger partial charge in [-0.25, -0.2) is 0 Å². The second-order valence-corrected chi connectivity index (χ2v) is 7.78. The van der Waals surface area contributed by atoms with Gasteiger partial charge in [-0.1, -0.05) is 13.3 Å². The topological polar surface area (TPSA) is 32.3 Å². The lowest BCUT2D eigenvalue weighted by molar-refractivity contribution is 0.0250. The summed E-state index contributed by atoms with van der Waals surface area (Å²) in [5.74, 6) is 0.869. The largest absolute Gasteiger partial charge is 0.314 e. The van der Waals surface area contributed by atoms with Gasteiger partial charge in [0.2, 0.25) is 0 Å². The maximum atomic E-state index is 11.2. The minimum absolute atomic E-state index is 0.627. The summed E-state index contributed by atoms with van der Waals surface area (Å²) in [7, 11) is -0.627. The Labute approximate surface area is 121 Å². The molecule has 3 atom stereocenters. The molecule has 2 aliphatic rings. The molecule has 2 fully saturated rings. The van der Waals surface area contributed by atoms with Crippen LogP contribution in [0.2, 0.25) is 0 Å². The third-order valence-corrected chi connectivity index (χ3v) is 5.52. The third kappa shape index (κ3) is 4.54. The van der Waals surface area contributed by atoms with Gasteiger partial charge in [0.05, 0.1) is 0 Å². The fourth-order valence-electron chi connectivity index (χ4n) is 3.81. The molecule has 0 aromatic carbocycles. The zero-order valence-electron chi connectivity index (χ0n) is 12.6. The van der Waals surface area contributed by atoms with Crippen molar-refractivity contribution in [2.24, 2.45) is 0 Å². The second kappa shape index (κ2) is 7.75. The molecule has 0 spiro atoms. The molecule has 2 bridgehead atoms. The van der Waals surface area contributed by atoms with Crippen LogP contribution in [0.15, 0.2) is 0 Å². The normalized spacial score (nSPS) is 33.3. The van der Waals surface area contributed by atoms with E-state index in [1.165, 1.54) is 45.1 Å². The maximum Gasteiger partial charge on any atom is 0.0244 e. The number of piperidine rings is 2. The van der Waals surface area contributed by atoms with E-state index in [0.29, 0.717) is 0 Å². The fraction of sp³-hybridized carbons (Fsp3) is 1.00. The molecule has 0 aromatic heterocycles. The quantitative estimate of drug-likeness (QED) is 0.778. The summed E-state index contributed by atoms with van der Waals surface area (Å²) in [5.41, 5.74) is 0. The Bertz CT molecular complexity index is 284. The van der Waals surface area contributed by atoms with Crippen LogP contribution in [0.25, 0.3) is 0 Å². The van der Waals surface area contributed by atoms with Gasteiger partial charge >= 0.3 is 0 Å². The molecule has 4 heteroatoms. The second-order valence-electron chi connectivity index (χ2n) is 6.23. The lowest BCUT2D eigenvalue weighted by atomic mass is 9.81. The van der Waals surface area contributed by atoms with Gasteiger partial charge in [-0.05, 0) is 51.6 Å². The molecule has 0 saturated carbocycles. The van der Waals surface area contributed by atoms with Crippen LogP contribution in [0.4, 0.5) is 0 Å². The van der Waals surface area contributed by atoms with Crippen molar-refractivity contribution in [3.05, 3.63) is 0 Å². The van der Waals surface area contributed by atoms with Crippen LogP contribution in [0.3, 0.4) is 0 Å². The molecule has 2 aliphatic heterocycles. The molecule has 0 radical (unpaired) electrons. The Morgan fingerprint density at radius 3 is 2.53 bits per heavy atom. The Balaban J connectivity index is 1.83. The molecule has 3 nitrogen and oxygen atoms in total. The van der Waals surface area contributed by atoms with Gasteiger partial charge in [0.15, 0.2) is 0 Å². The first-order chi connectivity index (χ1) is 9.20. The smallest absolute Gasteiger partial charge is 0.0244 e. The summed E-state index contributed by atoms with van der Waals surface area (Å²) in [6, 6.07) is 2.31. The van der Waals surface area contributed by atoms with Crippen molar-refractivity contribution in [3.8, 4) is 0 Å². The highest BCUT2D eigenvalue weighted by atomic mass is 32.2. The van der Waals surface area contributed by atoms with Crippen LogP contribution >= 0.6 is 0 Å². The Morgan fingerprint density at radius 1 is 1.26 bits per heavy atom. The van der Waals surface area contributed by atoms with Crippen molar-refractivity contribution in [2.75, 3.05) is 25.1 Å². The predicted molar refractivity (Wildman–Crippen MR) is 83.0 cm³/mol. The van der Waals surface area contributed by atoms with E-state index in [4.69, 9.17) is 0 Å². The van der Waals surface area contributed by atoms with E-state index < -0.39 is 10.8 Å². The molecule has 112 valence electrons. The molecule has 0 aliphatic carbocycles. The summed E-state index contributed by atoms with van der Waals surface area (Å²) in [6.45, 7) is 4.57. The first kappa shape index (κ1) is 15.5. The van der Waals surface area contributed by atoms with Crippen LogP contribution in [0, 0.1) is 0 Å². The number of hydrogen-bond acceptors (Lipinski definition) is 3. The number of hydrogen-bond donors (Lipinski definition) is 1. The molecule has 3 unspecified atom stereocenters. The van der Waals surface area contributed by atoms with Crippen LogP contribution in [0.5, 0.6) is 0 Å². The number of rotatable bonds is 7. The van der Waals surface area contributed by atoms with Gasteiger partial charge in [-0.3, -0.25) is 9.11 Å². The highest BCUT2D eigenvalue weighted by Crippen LogP contribution is 2.34. The van der Waals surface area contributed by atoms with E-state index in [2.05, 4.69) is 17.1 Å². The highest BCUT2D eigenvalue weighted by molar-refractivity contribution is 7.84. The van der Waals surface area contributed by atoms with Gasteiger partial charge < -0.3 is 5.32 Å². The molecule has 1 N–H and O–H groups in total. The molecule has 19 heavy (non-hydrogen) atoms. The van der Waals surface area contributed by atoms with E-state index in [1.54, 1.807) is 0 Å². The molecule has 2 rings (SSSR count). The summed E-state index contributed by atoms with van der Waals surface area (Å²) < 4.78 is 11.2. The first-order valence-corrected chi connectivity index (χ1v) is 9.72. The molecule has 2 saturated heterocycles. The highest BCUT2D eigenvalue weighted by Gasteiger charge is 2.37. The summed E-state index contributed by atoms with van der Waals surface area (Å²) in [4.78, 5) is 2.74. The average molecular weight is 286 g/mol. The minimum Gasteiger partial charge on any atom is -0.314 e. The number of nitrogens with one attached hydrogen (secondary N) is 1. The molecular formula is C15H30N2OS. The third-order valence-electron chi connectivity index (χ3n) is 4.66. The molecule has 0 aromatic rings. The van der Waals surface area contributed by atoms with Gasteiger partial charge in [-0.15, -0.1) is 0 Å². The van der Waals surface area contributed by atoms with Crippen molar-refractivity contribution in [3.63, 3.8) is 0 Å². The molecular weight excluding hydrogens is 256 g/mol. The van der Waals surface area contributed by atoms with Gasteiger partial charge in [0.1, 0.15) is 0 Å². The zero-order chi connectivity index (χ0) is 13.7. The standard InChI is InChI=1S/C15H30N2OS/c1-3-8-16-13-11-14-6-4-7-15(12-13)17(14)9-5-10-19(2)18/h13-16H,3-12H2,1-2H3. The van der Waals surface area contributed by atoms with Crippen molar-refractivity contribution < 1.29 is 4.21 Å². The van der Waals surface area contributed by atoms with Gasteiger partial charge in [0.25, 0.3) is 0 Å².